The lowest BCUT2D eigenvalue weighted by Crippen LogP contribution is -2.05. The number of anilines is 1. The molecule has 0 aliphatic rings. The maximum Gasteiger partial charge on any atom is 0.303 e. The van der Waals surface area contributed by atoms with Crippen molar-refractivity contribution < 1.29 is 19.8 Å². The molecule has 0 aromatic heterocycles. The Bertz CT molecular complexity index is 434. The van der Waals surface area contributed by atoms with Crippen LogP contribution in [0.5, 0.6) is 5.75 Å². The van der Waals surface area contributed by atoms with Crippen LogP contribution in [0.1, 0.15) is 23.2 Å². The molecule has 0 fully saturated rings. The highest BCUT2D eigenvalue weighted by molar-refractivity contribution is 6.33. The molecular weight excluding hydrogens is 246 g/mol. The number of aldehydes is 1. The third-order valence-electron chi connectivity index (χ3n) is 2.13. The van der Waals surface area contributed by atoms with Gasteiger partial charge in [-0.3, -0.25) is 9.59 Å². The Morgan fingerprint density at radius 2 is 2.18 bits per heavy atom. The SMILES string of the molecule is O=Cc1cc(Cl)c(NCCCC(=O)O)cc1O. The Morgan fingerprint density at radius 3 is 2.76 bits per heavy atom. The van der Waals surface area contributed by atoms with Crippen LogP contribution in [0.3, 0.4) is 0 Å². The molecule has 92 valence electrons. The van der Waals surface area contributed by atoms with Gasteiger partial charge in [0.05, 0.1) is 16.3 Å². The number of hydrogen-bond acceptors (Lipinski definition) is 4. The van der Waals surface area contributed by atoms with Gasteiger partial charge in [-0.25, -0.2) is 0 Å². The smallest absolute Gasteiger partial charge is 0.303 e. The first-order chi connectivity index (χ1) is 8.04. The summed E-state index contributed by atoms with van der Waals surface area (Å²) in [6.07, 6.45) is 1.01. The van der Waals surface area contributed by atoms with Gasteiger partial charge in [0, 0.05) is 19.0 Å². The quantitative estimate of drug-likeness (QED) is 0.537. The summed E-state index contributed by atoms with van der Waals surface area (Å²) in [6.45, 7) is 0.423. The summed E-state index contributed by atoms with van der Waals surface area (Å²) in [5.41, 5.74) is 0.589. The molecule has 0 bridgehead atoms. The number of carbonyl (C=O) groups excluding carboxylic acids is 1. The lowest BCUT2D eigenvalue weighted by atomic mass is 10.2. The summed E-state index contributed by atoms with van der Waals surface area (Å²) >= 11 is 5.87. The van der Waals surface area contributed by atoms with Gasteiger partial charge in [0.1, 0.15) is 5.75 Å². The van der Waals surface area contributed by atoms with Gasteiger partial charge in [-0.2, -0.15) is 0 Å². The number of carboxylic acids is 1. The van der Waals surface area contributed by atoms with E-state index in [1.807, 2.05) is 0 Å². The molecule has 1 rings (SSSR count). The molecule has 0 unspecified atom stereocenters. The first-order valence-electron chi connectivity index (χ1n) is 4.98. The van der Waals surface area contributed by atoms with E-state index in [-0.39, 0.29) is 17.7 Å². The van der Waals surface area contributed by atoms with E-state index in [0.29, 0.717) is 30.0 Å². The fourth-order valence-electron chi connectivity index (χ4n) is 1.27. The van der Waals surface area contributed by atoms with Gasteiger partial charge >= 0.3 is 5.97 Å². The average Bonchev–Trinajstić information content (AvgIpc) is 2.28. The molecule has 1 aromatic carbocycles. The van der Waals surface area contributed by atoms with Crippen LogP contribution < -0.4 is 5.32 Å². The Morgan fingerprint density at radius 1 is 1.47 bits per heavy atom. The number of nitrogens with one attached hydrogen (secondary N) is 1. The van der Waals surface area contributed by atoms with Gasteiger partial charge in [0.25, 0.3) is 0 Å². The van der Waals surface area contributed by atoms with Crippen molar-refractivity contribution in [1.29, 1.82) is 0 Å². The van der Waals surface area contributed by atoms with Crippen LogP contribution >= 0.6 is 11.6 Å². The van der Waals surface area contributed by atoms with E-state index in [1.54, 1.807) is 0 Å². The van der Waals surface area contributed by atoms with Crippen LogP contribution in [0.4, 0.5) is 5.69 Å². The molecule has 0 spiro atoms. The molecule has 17 heavy (non-hydrogen) atoms. The summed E-state index contributed by atoms with van der Waals surface area (Å²) in [5.74, 6) is -1.03. The number of aliphatic carboxylic acids is 1. The number of aromatic hydroxyl groups is 1. The molecular formula is C11H12ClNO4. The zero-order valence-electron chi connectivity index (χ0n) is 8.94. The Kier molecular flexibility index (Phi) is 4.78. The lowest BCUT2D eigenvalue weighted by Gasteiger charge is -2.09. The molecule has 0 aliphatic heterocycles. The molecule has 0 heterocycles. The Balaban J connectivity index is 2.62. The third kappa shape index (κ3) is 3.96. The summed E-state index contributed by atoms with van der Waals surface area (Å²) < 4.78 is 0. The summed E-state index contributed by atoms with van der Waals surface area (Å²) in [4.78, 5) is 20.8. The second-order valence-electron chi connectivity index (χ2n) is 3.43. The van der Waals surface area contributed by atoms with Crippen LogP contribution in [0.25, 0.3) is 0 Å². The monoisotopic (exact) mass is 257 g/mol. The van der Waals surface area contributed by atoms with E-state index in [1.165, 1.54) is 12.1 Å². The number of phenolic OH excluding ortho intramolecular Hbond substituents is 1. The number of halogens is 1. The minimum absolute atomic E-state index is 0.0586. The highest BCUT2D eigenvalue weighted by Gasteiger charge is 2.07. The first-order valence-corrected chi connectivity index (χ1v) is 5.35. The molecule has 3 N–H and O–H groups in total. The van der Waals surface area contributed by atoms with Crippen molar-refractivity contribution >= 4 is 29.5 Å². The highest BCUT2D eigenvalue weighted by atomic mass is 35.5. The van der Waals surface area contributed by atoms with E-state index in [0.717, 1.165) is 0 Å². The second kappa shape index (κ2) is 6.10. The maximum absolute atomic E-state index is 10.5. The van der Waals surface area contributed by atoms with Crippen LogP contribution in [-0.4, -0.2) is 29.0 Å². The van der Waals surface area contributed by atoms with Crippen molar-refractivity contribution in [2.75, 3.05) is 11.9 Å². The largest absolute Gasteiger partial charge is 0.507 e. The van der Waals surface area contributed by atoms with Crippen LogP contribution in [0.15, 0.2) is 12.1 Å². The molecule has 1 aromatic rings. The fraction of sp³-hybridized carbons (Fsp3) is 0.273. The zero-order chi connectivity index (χ0) is 12.8. The van der Waals surface area contributed by atoms with Crippen molar-refractivity contribution in [3.63, 3.8) is 0 Å². The average molecular weight is 258 g/mol. The number of rotatable bonds is 6. The minimum Gasteiger partial charge on any atom is -0.507 e. The van der Waals surface area contributed by atoms with Gasteiger partial charge in [-0.15, -0.1) is 0 Å². The molecule has 5 nitrogen and oxygen atoms in total. The van der Waals surface area contributed by atoms with E-state index in [9.17, 15) is 14.7 Å². The fourth-order valence-corrected chi connectivity index (χ4v) is 1.51. The molecule has 0 saturated carbocycles. The van der Waals surface area contributed by atoms with Crippen molar-refractivity contribution in [2.24, 2.45) is 0 Å². The normalized spacial score (nSPS) is 9.94. The summed E-state index contributed by atoms with van der Waals surface area (Å²) in [6, 6.07) is 2.69. The van der Waals surface area contributed by atoms with Crippen LogP contribution in [0, 0.1) is 0 Å². The maximum atomic E-state index is 10.5. The lowest BCUT2D eigenvalue weighted by molar-refractivity contribution is -0.137. The number of carboxylic acid groups (broad SMARTS) is 1. The Hall–Kier alpha value is -1.75. The molecule has 0 amide bonds. The van der Waals surface area contributed by atoms with Gasteiger partial charge in [-0.05, 0) is 12.5 Å². The van der Waals surface area contributed by atoms with Gasteiger partial charge < -0.3 is 15.5 Å². The highest BCUT2D eigenvalue weighted by Crippen LogP contribution is 2.29. The minimum atomic E-state index is -0.864. The molecule has 0 radical (unpaired) electrons. The van der Waals surface area contributed by atoms with Crippen molar-refractivity contribution in [1.82, 2.24) is 0 Å². The summed E-state index contributed by atoms with van der Waals surface area (Å²) in [5, 5.41) is 21.1. The van der Waals surface area contributed by atoms with Crippen molar-refractivity contribution in [3.8, 4) is 5.75 Å². The van der Waals surface area contributed by atoms with Crippen LogP contribution in [0.2, 0.25) is 5.02 Å². The second-order valence-corrected chi connectivity index (χ2v) is 3.84. The summed E-state index contributed by atoms with van der Waals surface area (Å²) in [7, 11) is 0. The predicted octanol–water partition coefficient (Wildman–Crippen LogP) is 2.13. The molecule has 0 atom stereocenters. The zero-order valence-corrected chi connectivity index (χ0v) is 9.70. The number of phenols is 1. The Labute approximate surface area is 103 Å². The molecule has 6 heteroatoms. The van der Waals surface area contributed by atoms with E-state index in [2.05, 4.69) is 5.32 Å². The van der Waals surface area contributed by atoms with Crippen molar-refractivity contribution in [3.05, 3.63) is 22.7 Å². The molecule has 0 saturated heterocycles. The van der Waals surface area contributed by atoms with E-state index >= 15 is 0 Å². The topological polar surface area (TPSA) is 86.6 Å². The predicted molar refractivity (Wildman–Crippen MR) is 63.9 cm³/mol. The number of hydrogen-bond donors (Lipinski definition) is 3. The third-order valence-corrected chi connectivity index (χ3v) is 2.44. The standard InChI is InChI=1S/C11H12ClNO4/c12-8-4-7(6-14)10(15)5-9(8)13-3-1-2-11(16)17/h4-6,13,15H,1-3H2,(H,16,17). The first kappa shape index (κ1) is 13.3. The van der Waals surface area contributed by atoms with E-state index < -0.39 is 5.97 Å². The van der Waals surface area contributed by atoms with Gasteiger partial charge in [0.15, 0.2) is 6.29 Å². The number of benzene rings is 1. The van der Waals surface area contributed by atoms with Crippen molar-refractivity contribution in [2.45, 2.75) is 12.8 Å². The van der Waals surface area contributed by atoms with Gasteiger partial charge in [-0.1, -0.05) is 11.6 Å². The van der Waals surface area contributed by atoms with Crippen LogP contribution in [-0.2, 0) is 4.79 Å². The van der Waals surface area contributed by atoms with Gasteiger partial charge in [0.2, 0.25) is 0 Å². The van der Waals surface area contributed by atoms with E-state index in [4.69, 9.17) is 16.7 Å². The number of carbonyl (C=O) groups is 2. The molecule has 0 aliphatic carbocycles.